The highest BCUT2D eigenvalue weighted by Crippen LogP contribution is 2.42. The van der Waals surface area contributed by atoms with E-state index in [1.54, 1.807) is 6.07 Å². The van der Waals surface area contributed by atoms with Gasteiger partial charge in [-0.25, -0.2) is 4.79 Å². The van der Waals surface area contributed by atoms with Crippen molar-refractivity contribution in [3.05, 3.63) is 35.4 Å². The highest BCUT2D eigenvalue weighted by Gasteiger charge is 2.48. The van der Waals surface area contributed by atoms with Gasteiger partial charge in [0.25, 0.3) is 0 Å². The van der Waals surface area contributed by atoms with Crippen molar-refractivity contribution in [3.8, 4) is 0 Å². The topological polar surface area (TPSA) is 78.7 Å². The molecule has 0 unspecified atom stereocenters. The number of likely N-dealkylation sites (tertiary alicyclic amines) is 1. The van der Waals surface area contributed by atoms with Gasteiger partial charge in [0.15, 0.2) is 0 Å². The first-order valence-electron chi connectivity index (χ1n) is 13.3. The lowest BCUT2D eigenvalue weighted by molar-refractivity contribution is -0.137. The van der Waals surface area contributed by atoms with Gasteiger partial charge in [-0.05, 0) is 61.5 Å². The summed E-state index contributed by atoms with van der Waals surface area (Å²) in [6.07, 6.45) is 1.76. The molecule has 4 rings (SSSR count). The number of halogens is 3. The van der Waals surface area contributed by atoms with Gasteiger partial charge in [-0.3, -0.25) is 14.6 Å². The number of hydrogen-bond donors (Lipinski definition) is 2. The summed E-state index contributed by atoms with van der Waals surface area (Å²) in [5, 5.41) is 3.09. The van der Waals surface area contributed by atoms with Gasteiger partial charge >= 0.3 is 12.2 Å². The van der Waals surface area contributed by atoms with Crippen molar-refractivity contribution in [2.75, 3.05) is 13.1 Å². The summed E-state index contributed by atoms with van der Waals surface area (Å²) < 4.78 is 39.5. The fourth-order valence-corrected chi connectivity index (χ4v) is 6.40. The standard InChI is InChI=1S/C27H39F3N4O2/c1-17(2)12-23(31)25(35)34(26(36)32-21-8-3-4-9-21)24-11-10-19-15-33(16-22(19)24)14-18-6-5-7-20(13-18)27(28,29)30/h5-7,13,17,19,21-24H,3-4,8-12,14-16,31H2,1-2H3,(H,32,36)/t19-,22+,23-,24+/m0/s1. The molecular weight excluding hydrogens is 469 g/mol. The predicted molar refractivity (Wildman–Crippen MR) is 132 cm³/mol. The monoisotopic (exact) mass is 508 g/mol. The van der Waals surface area contributed by atoms with Gasteiger partial charge in [-0.1, -0.05) is 44.9 Å². The second-order valence-corrected chi connectivity index (χ2v) is 11.3. The summed E-state index contributed by atoms with van der Waals surface area (Å²) in [5.41, 5.74) is 6.25. The van der Waals surface area contributed by atoms with Crippen LogP contribution >= 0.6 is 0 Å². The molecule has 3 N–H and O–H groups in total. The van der Waals surface area contributed by atoms with Gasteiger partial charge in [0.2, 0.25) is 5.91 Å². The zero-order valence-corrected chi connectivity index (χ0v) is 21.3. The van der Waals surface area contributed by atoms with E-state index in [9.17, 15) is 22.8 Å². The second-order valence-electron chi connectivity index (χ2n) is 11.3. The summed E-state index contributed by atoms with van der Waals surface area (Å²) in [5.74, 6) is 0.313. The summed E-state index contributed by atoms with van der Waals surface area (Å²) in [4.78, 5) is 30.5. The van der Waals surface area contributed by atoms with E-state index >= 15 is 0 Å². The molecule has 9 heteroatoms. The Bertz CT molecular complexity index is 932. The van der Waals surface area contributed by atoms with Crippen molar-refractivity contribution in [1.82, 2.24) is 15.1 Å². The van der Waals surface area contributed by atoms with Crippen LogP contribution in [-0.2, 0) is 17.5 Å². The molecular formula is C27H39F3N4O2. The van der Waals surface area contributed by atoms with Crippen molar-refractivity contribution in [1.29, 1.82) is 0 Å². The van der Waals surface area contributed by atoms with E-state index in [1.165, 1.54) is 17.0 Å². The van der Waals surface area contributed by atoms with Crippen LogP contribution < -0.4 is 11.1 Å². The SMILES string of the molecule is CC(C)C[C@H](N)C(=O)N(C(=O)NC1CCCC1)[C@@H]1CC[C@H]2CN(Cc3cccc(C(F)(F)F)c3)C[C@H]21. The Morgan fingerprint density at radius 3 is 2.53 bits per heavy atom. The molecule has 3 amide bonds. The first kappa shape index (κ1) is 26.9. The molecule has 200 valence electrons. The van der Waals surface area contributed by atoms with Gasteiger partial charge in [-0.2, -0.15) is 13.2 Å². The van der Waals surface area contributed by atoms with Crippen molar-refractivity contribution in [2.24, 2.45) is 23.5 Å². The first-order chi connectivity index (χ1) is 17.0. The number of urea groups is 1. The Balaban J connectivity index is 1.48. The zero-order valence-electron chi connectivity index (χ0n) is 21.3. The number of amides is 3. The largest absolute Gasteiger partial charge is 0.416 e. The average Bonchev–Trinajstić information content (AvgIpc) is 3.52. The molecule has 0 aromatic heterocycles. The molecule has 0 spiro atoms. The second kappa shape index (κ2) is 11.1. The number of nitrogens with two attached hydrogens (primary N) is 1. The van der Waals surface area contributed by atoms with E-state index < -0.39 is 17.8 Å². The molecule has 0 bridgehead atoms. The fraction of sp³-hybridized carbons (Fsp3) is 0.704. The molecule has 1 aromatic rings. The molecule has 36 heavy (non-hydrogen) atoms. The molecule has 1 heterocycles. The number of carbonyl (C=O) groups excluding carboxylic acids is 2. The molecule has 0 radical (unpaired) electrons. The number of imide groups is 1. The molecule has 1 aliphatic heterocycles. The number of benzene rings is 1. The Kier molecular flexibility index (Phi) is 8.29. The van der Waals surface area contributed by atoms with E-state index in [0.717, 1.165) is 51.1 Å². The predicted octanol–water partition coefficient (Wildman–Crippen LogP) is 4.77. The molecule has 2 aliphatic carbocycles. The summed E-state index contributed by atoms with van der Waals surface area (Å²) in [6, 6.07) is 4.24. The number of nitrogens with one attached hydrogen (secondary N) is 1. The quantitative estimate of drug-likeness (QED) is 0.556. The van der Waals surface area contributed by atoms with Gasteiger partial charge in [-0.15, -0.1) is 0 Å². The van der Waals surface area contributed by atoms with E-state index in [2.05, 4.69) is 10.2 Å². The van der Waals surface area contributed by atoms with Gasteiger partial charge in [0, 0.05) is 31.7 Å². The average molecular weight is 509 g/mol. The maximum Gasteiger partial charge on any atom is 0.416 e. The van der Waals surface area contributed by atoms with Crippen LogP contribution in [0, 0.1) is 17.8 Å². The fourth-order valence-electron chi connectivity index (χ4n) is 6.40. The minimum absolute atomic E-state index is 0.0901. The van der Waals surface area contributed by atoms with Crippen molar-refractivity contribution in [2.45, 2.75) is 89.6 Å². The Morgan fingerprint density at radius 2 is 1.86 bits per heavy atom. The van der Waals surface area contributed by atoms with Gasteiger partial charge in [0.05, 0.1) is 11.6 Å². The molecule has 3 aliphatic rings. The first-order valence-corrected chi connectivity index (χ1v) is 13.3. The smallest absolute Gasteiger partial charge is 0.335 e. The van der Waals surface area contributed by atoms with Crippen molar-refractivity contribution >= 4 is 11.9 Å². The van der Waals surface area contributed by atoms with Crippen LogP contribution in [-0.4, -0.2) is 53.0 Å². The highest BCUT2D eigenvalue weighted by atomic mass is 19.4. The van der Waals surface area contributed by atoms with Crippen LogP contribution in [0.2, 0.25) is 0 Å². The number of nitrogens with zero attached hydrogens (tertiary/aromatic N) is 2. The van der Waals surface area contributed by atoms with Crippen LogP contribution in [0.15, 0.2) is 24.3 Å². The number of fused-ring (bicyclic) bond motifs is 1. The van der Waals surface area contributed by atoms with E-state index in [0.29, 0.717) is 31.0 Å². The van der Waals surface area contributed by atoms with E-state index in [-0.39, 0.29) is 35.9 Å². The molecule has 3 fully saturated rings. The van der Waals surface area contributed by atoms with Crippen molar-refractivity contribution in [3.63, 3.8) is 0 Å². The van der Waals surface area contributed by atoms with E-state index in [1.807, 2.05) is 13.8 Å². The molecule has 1 aromatic carbocycles. The molecule has 4 atom stereocenters. The van der Waals surface area contributed by atoms with Crippen LogP contribution in [0.25, 0.3) is 0 Å². The van der Waals surface area contributed by atoms with Gasteiger partial charge < -0.3 is 11.1 Å². The zero-order chi connectivity index (χ0) is 26.0. The summed E-state index contributed by atoms with van der Waals surface area (Å²) in [6.45, 7) is 5.82. The van der Waals surface area contributed by atoms with Crippen molar-refractivity contribution < 1.29 is 22.8 Å². The molecule has 2 saturated carbocycles. The lowest BCUT2D eigenvalue weighted by atomic mass is 9.95. The number of rotatable bonds is 7. The maximum absolute atomic E-state index is 13.5. The Hall–Kier alpha value is -2.13. The normalized spacial score (nSPS) is 25.8. The number of alkyl halides is 3. The third-order valence-corrected chi connectivity index (χ3v) is 8.07. The number of hydrogen-bond acceptors (Lipinski definition) is 4. The summed E-state index contributed by atoms with van der Waals surface area (Å²) in [7, 11) is 0. The van der Waals surface area contributed by atoms with Gasteiger partial charge in [0.1, 0.15) is 0 Å². The molecule has 1 saturated heterocycles. The van der Waals surface area contributed by atoms with E-state index in [4.69, 9.17) is 5.73 Å². The highest BCUT2D eigenvalue weighted by molar-refractivity contribution is 5.97. The lowest BCUT2D eigenvalue weighted by Crippen LogP contribution is -2.57. The maximum atomic E-state index is 13.5. The minimum Gasteiger partial charge on any atom is -0.335 e. The van der Waals surface area contributed by atoms with Crippen LogP contribution in [0.5, 0.6) is 0 Å². The number of carbonyl (C=O) groups is 2. The third-order valence-electron chi connectivity index (χ3n) is 8.07. The minimum atomic E-state index is -4.37. The van der Waals surface area contributed by atoms with Crippen LogP contribution in [0.4, 0.5) is 18.0 Å². The molecule has 6 nitrogen and oxygen atoms in total. The lowest BCUT2D eigenvalue weighted by Gasteiger charge is -2.34. The Morgan fingerprint density at radius 1 is 1.14 bits per heavy atom. The van der Waals surface area contributed by atoms with Crippen LogP contribution in [0.1, 0.15) is 69.9 Å². The Labute approximate surface area is 211 Å². The summed E-state index contributed by atoms with van der Waals surface area (Å²) >= 11 is 0. The third kappa shape index (κ3) is 6.22. The van der Waals surface area contributed by atoms with Crippen LogP contribution in [0.3, 0.4) is 0 Å².